The molecule has 0 heterocycles. The van der Waals surface area contributed by atoms with Gasteiger partial charge in [-0.15, -0.1) is 0 Å². The zero-order valence-corrected chi connectivity index (χ0v) is 12.4. The van der Waals surface area contributed by atoms with E-state index < -0.39 is 6.09 Å². The lowest BCUT2D eigenvalue weighted by molar-refractivity contribution is -0.137. The molecule has 0 bridgehead atoms. The molecule has 0 unspecified atom stereocenters. The molecule has 0 saturated carbocycles. The molecular weight excluding hydrogens is 272 g/mol. The Balaban J connectivity index is 2.58. The fourth-order valence-electron chi connectivity index (χ4n) is 1.55. The van der Waals surface area contributed by atoms with Gasteiger partial charge in [0.15, 0.2) is 0 Å². The number of anilines is 2. The van der Waals surface area contributed by atoms with Gasteiger partial charge in [-0.1, -0.05) is 0 Å². The molecule has 1 aromatic carbocycles. The Morgan fingerprint density at radius 3 is 2.05 bits per heavy atom. The highest BCUT2D eigenvalue weighted by Gasteiger charge is 2.02. The Labute approximate surface area is 124 Å². The predicted octanol–water partition coefficient (Wildman–Crippen LogP) is 3.13. The summed E-state index contributed by atoms with van der Waals surface area (Å²) in [5.41, 5.74) is 2.09. The average molecular weight is 292 g/mol. The normalized spacial score (nSPS) is 10.7. The smallest absolute Gasteiger partial charge is 0.411 e. The lowest BCUT2D eigenvalue weighted by Gasteiger charge is -2.09. The summed E-state index contributed by atoms with van der Waals surface area (Å²) in [5, 5.41) is 5.65. The van der Waals surface area contributed by atoms with Crippen molar-refractivity contribution in [2.45, 2.75) is 20.8 Å². The third-order valence-corrected chi connectivity index (χ3v) is 2.37. The maximum absolute atomic E-state index is 11.3. The van der Waals surface area contributed by atoms with Crippen LogP contribution in [0.2, 0.25) is 0 Å². The van der Waals surface area contributed by atoms with Crippen LogP contribution < -0.4 is 10.6 Å². The van der Waals surface area contributed by atoms with E-state index in [0.29, 0.717) is 24.6 Å². The Morgan fingerprint density at radius 1 is 1.00 bits per heavy atom. The number of ether oxygens (including phenoxy) is 2. The molecule has 0 spiro atoms. The number of carbonyl (C=O) groups is 2. The van der Waals surface area contributed by atoms with E-state index >= 15 is 0 Å². The number of nitrogens with one attached hydrogen (secondary N) is 2. The van der Waals surface area contributed by atoms with Gasteiger partial charge in [0.25, 0.3) is 0 Å². The summed E-state index contributed by atoms with van der Waals surface area (Å²) in [4.78, 5) is 22.5. The van der Waals surface area contributed by atoms with Gasteiger partial charge in [0.2, 0.25) is 0 Å². The zero-order chi connectivity index (χ0) is 15.7. The lowest BCUT2D eigenvalue weighted by Crippen LogP contribution is -2.13. The highest BCUT2D eigenvalue weighted by atomic mass is 16.5. The van der Waals surface area contributed by atoms with Gasteiger partial charge in [-0.2, -0.15) is 0 Å². The van der Waals surface area contributed by atoms with Crippen LogP contribution in [0.5, 0.6) is 0 Å². The summed E-state index contributed by atoms with van der Waals surface area (Å²) < 4.78 is 9.60. The number of esters is 1. The number of carbonyl (C=O) groups excluding carboxylic acids is 2. The van der Waals surface area contributed by atoms with Crippen LogP contribution in [0, 0.1) is 0 Å². The molecule has 6 heteroatoms. The van der Waals surface area contributed by atoms with Crippen molar-refractivity contribution < 1.29 is 19.1 Å². The van der Waals surface area contributed by atoms with Gasteiger partial charge < -0.3 is 14.8 Å². The van der Waals surface area contributed by atoms with Crippen molar-refractivity contribution in [3.05, 3.63) is 36.0 Å². The van der Waals surface area contributed by atoms with Gasteiger partial charge in [-0.25, -0.2) is 9.59 Å². The third-order valence-electron chi connectivity index (χ3n) is 2.37. The van der Waals surface area contributed by atoms with Crippen molar-refractivity contribution in [2.24, 2.45) is 0 Å². The summed E-state index contributed by atoms with van der Waals surface area (Å²) >= 11 is 0. The first-order chi connectivity index (χ1) is 10.0. The van der Waals surface area contributed by atoms with Gasteiger partial charge in [0.05, 0.1) is 13.2 Å². The number of hydrogen-bond acceptors (Lipinski definition) is 5. The topological polar surface area (TPSA) is 76.7 Å². The molecule has 21 heavy (non-hydrogen) atoms. The van der Waals surface area contributed by atoms with Crippen molar-refractivity contribution >= 4 is 23.4 Å². The number of hydrogen-bond donors (Lipinski definition) is 2. The molecule has 0 aliphatic carbocycles. The first kappa shape index (κ1) is 16.6. The van der Waals surface area contributed by atoms with E-state index in [4.69, 9.17) is 9.47 Å². The molecule has 1 aromatic rings. The minimum Gasteiger partial charge on any atom is -0.463 e. The van der Waals surface area contributed by atoms with Gasteiger partial charge in [0, 0.05) is 23.1 Å². The molecule has 2 N–H and O–H groups in total. The molecule has 1 rings (SSSR count). The van der Waals surface area contributed by atoms with Crippen LogP contribution in [-0.4, -0.2) is 25.3 Å². The third kappa shape index (κ3) is 6.47. The van der Waals surface area contributed by atoms with E-state index in [1.807, 2.05) is 0 Å². The highest BCUT2D eigenvalue weighted by Crippen LogP contribution is 2.15. The van der Waals surface area contributed by atoms with E-state index in [1.165, 1.54) is 6.08 Å². The Morgan fingerprint density at radius 2 is 1.52 bits per heavy atom. The Kier molecular flexibility index (Phi) is 6.80. The molecule has 1 amide bonds. The molecule has 6 nitrogen and oxygen atoms in total. The molecular formula is C15H20N2O4. The van der Waals surface area contributed by atoms with Gasteiger partial charge in [-0.3, -0.25) is 5.32 Å². The Bertz CT molecular complexity index is 509. The summed E-state index contributed by atoms with van der Waals surface area (Å²) in [5.74, 6) is -0.386. The first-order valence-electron chi connectivity index (χ1n) is 6.71. The van der Waals surface area contributed by atoms with Crippen molar-refractivity contribution in [3.63, 3.8) is 0 Å². The zero-order valence-electron chi connectivity index (χ0n) is 12.4. The van der Waals surface area contributed by atoms with E-state index in [2.05, 4.69) is 10.6 Å². The van der Waals surface area contributed by atoms with Gasteiger partial charge in [0.1, 0.15) is 0 Å². The van der Waals surface area contributed by atoms with E-state index in [0.717, 1.165) is 5.69 Å². The number of rotatable bonds is 6. The van der Waals surface area contributed by atoms with Crippen molar-refractivity contribution in [3.8, 4) is 0 Å². The molecule has 0 saturated heterocycles. The van der Waals surface area contributed by atoms with Crippen LogP contribution in [0.1, 0.15) is 20.8 Å². The number of amides is 1. The van der Waals surface area contributed by atoms with Crippen molar-refractivity contribution in [1.29, 1.82) is 0 Å². The van der Waals surface area contributed by atoms with Crippen LogP contribution in [0.15, 0.2) is 36.0 Å². The molecule has 0 aliphatic rings. The summed E-state index contributed by atoms with van der Waals surface area (Å²) in [6, 6.07) is 7.03. The maximum Gasteiger partial charge on any atom is 0.411 e. The highest BCUT2D eigenvalue weighted by molar-refractivity contribution is 5.85. The fraction of sp³-hybridized carbons (Fsp3) is 0.333. The number of benzene rings is 1. The van der Waals surface area contributed by atoms with E-state index in [1.54, 1.807) is 45.0 Å². The average Bonchev–Trinajstić information content (AvgIpc) is 2.41. The van der Waals surface area contributed by atoms with Crippen LogP contribution in [0.25, 0.3) is 0 Å². The van der Waals surface area contributed by atoms with E-state index in [9.17, 15) is 9.59 Å². The predicted molar refractivity (Wildman–Crippen MR) is 81.1 cm³/mol. The van der Waals surface area contributed by atoms with Gasteiger partial charge >= 0.3 is 12.1 Å². The van der Waals surface area contributed by atoms with E-state index in [-0.39, 0.29) is 5.97 Å². The second-order valence-corrected chi connectivity index (χ2v) is 4.13. The SMILES string of the molecule is CCOC(=O)/C=C(\C)Nc1ccc(NC(=O)OCC)cc1. The maximum atomic E-state index is 11.3. The molecule has 0 aromatic heterocycles. The van der Waals surface area contributed by atoms with Crippen LogP contribution >= 0.6 is 0 Å². The van der Waals surface area contributed by atoms with Crippen molar-refractivity contribution in [2.75, 3.05) is 23.8 Å². The van der Waals surface area contributed by atoms with Crippen LogP contribution in [-0.2, 0) is 14.3 Å². The molecule has 0 fully saturated rings. The number of allylic oxidation sites excluding steroid dienone is 1. The molecule has 0 aliphatic heterocycles. The van der Waals surface area contributed by atoms with Gasteiger partial charge in [-0.05, 0) is 45.0 Å². The second-order valence-electron chi connectivity index (χ2n) is 4.13. The Hall–Kier alpha value is -2.50. The summed E-state index contributed by atoms with van der Waals surface area (Å²) in [6.45, 7) is 5.93. The van der Waals surface area contributed by atoms with Crippen molar-refractivity contribution in [1.82, 2.24) is 0 Å². The lowest BCUT2D eigenvalue weighted by atomic mass is 10.2. The largest absolute Gasteiger partial charge is 0.463 e. The summed E-state index contributed by atoms with van der Waals surface area (Å²) in [7, 11) is 0. The minimum absolute atomic E-state index is 0.323. The standard InChI is InChI=1S/C15H20N2O4/c1-4-20-14(18)10-11(3)16-12-6-8-13(9-7-12)17-15(19)21-5-2/h6-10,16H,4-5H2,1-3H3,(H,17,19)/b11-10+. The first-order valence-corrected chi connectivity index (χ1v) is 6.71. The monoisotopic (exact) mass is 292 g/mol. The summed E-state index contributed by atoms with van der Waals surface area (Å²) in [6.07, 6.45) is 0.894. The minimum atomic E-state index is -0.489. The second kappa shape index (κ2) is 8.63. The quantitative estimate of drug-likeness (QED) is 0.622. The van der Waals surface area contributed by atoms with Crippen LogP contribution in [0.4, 0.5) is 16.2 Å². The molecule has 0 radical (unpaired) electrons. The fourth-order valence-corrected chi connectivity index (χ4v) is 1.55. The van der Waals surface area contributed by atoms with Crippen LogP contribution in [0.3, 0.4) is 0 Å². The molecule has 114 valence electrons. The molecule has 0 atom stereocenters.